The van der Waals surface area contributed by atoms with E-state index in [0.717, 1.165) is 6.04 Å². The minimum atomic E-state index is -0.480. The highest BCUT2D eigenvalue weighted by molar-refractivity contribution is 6.27. The molecule has 1 atom stereocenters. The van der Waals surface area contributed by atoms with Crippen molar-refractivity contribution in [2.75, 3.05) is 12.4 Å². The second-order valence-corrected chi connectivity index (χ2v) is 3.22. The number of amides is 1. The molecule has 1 aliphatic heterocycles. The van der Waals surface area contributed by atoms with Gasteiger partial charge in [-0.05, 0) is 26.3 Å². The van der Waals surface area contributed by atoms with E-state index in [4.69, 9.17) is 11.6 Å². The van der Waals surface area contributed by atoms with Crippen LogP contribution in [-0.2, 0) is 4.79 Å². The average molecular weight is 193 g/mol. The zero-order chi connectivity index (χ0) is 9.40. The summed E-state index contributed by atoms with van der Waals surface area (Å²) in [5, 5.41) is 3.38. The smallest absolute Gasteiger partial charge is 0.232 e. The Bertz CT molecular complexity index is 124. The summed E-state index contributed by atoms with van der Waals surface area (Å²) in [6.07, 6.45) is 4.18. The van der Waals surface area contributed by atoms with Gasteiger partial charge in [-0.15, -0.1) is 11.6 Å². The lowest BCUT2D eigenvalue weighted by Crippen LogP contribution is -2.30. The quantitative estimate of drug-likeness (QED) is 0.606. The van der Waals surface area contributed by atoms with Gasteiger partial charge >= 0.3 is 0 Å². The third-order valence-corrected chi connectivity index (χ3v) is 1.95. The number of carbonyl (C=O) groups is 1. The first kappa shape index (κ1) is 11.7. The third-order valence-electron chi connectivity index (χ3n) is 1.69. The van der Waals surface area contributed by atoms with E-state index >= 15 is 0 Å². The number of nitrogens with two attached hydrogens (primary N) is 1. The first-order valence-corrected chi connectivity index (χ1v) is 4.78. The fourth-order valence-corrected chi connectivity index (χ4v) is 1.03. The van der Waals surface area contributed by atoms with Crippen molar-refractivity contribution in [2.45, 2.75) is 32.2 Å². The summed E-state index contributed by atoms with van der Waals surface area (Å²) in [6.45, 7) is 3.49. The molecule has 12 heavy (non-hydrogen) atoms. The highest BCUT2D eigenvalue weighted by Crippen LogP contribution is 2.04. The normalized spacial score (nSPS) is 22.3. The van der Waals surface area contributed by atoms with Crippen LogP contribution in [0.15, 0.2) is 0 Å². The Morgan fingerprint density at radius 2 is 2.25 bits per heavy atom. The lowest BCUT2D eigenvalue weighted by atomic mass is 10.1. The molecule has 0 bridgehead atoms. The van der Waals surface area contributed by atoms with Crippen LogP contribution in [0.3, 0.4) is 0 Å². The second kappa shape index (κ2) is 7.37. The number of carbonyl (C=O) groups excluding carboxylic acids is 1. The van der Waals surface area contributed by atoms with Crippen LogP contribution in [-0.4, -0.2) is 24.4 Å². The number of halogens is 1. The van der Waals surface area contributed by atoms with Gasteiger partial charge in [0.25, 0.3) is 0 Å². The zero-order valence-corrected chi connectivity index (χ0v) is 8.23. The zero-order valence-electron chi connectivity index (χ0n) is 7.48. The van der Waals surface area contributed by atoms with Gasteiger partial charge in [0.1, 0.15) is 5.88 Å². The molecule has 0 aliphatic carbocycles. The van der Waals surface area contributed by atoms with Crippen molar-refractivity contribution in [2.24, 2.45) is 5.73 Å². The molecule has 0 radical (unpaired) electrons. The molecule has 3 N–H and O–H groups in total. The van der Waals surface area contributed by atoms with Crippen molar-refractivity contribution in [3.8, 4) is 0 Å². The van der Waals surface area contributed by atoms with Gasteiger partial charge in [0.2, 0.25) is 5.91 Å². The summed E-state index contributed by atoms with van der Waals surface area (Å²) >= 11 is 4.86. The molecule has 0 spiro atoms. The number of alkyl halides is 1. The van der Waals surface area contributed by atoms with Crippen LogP contribution >= 0.6 is 11.6 Å². The van der Waals surface area contributed by atoms with Crippen LogP contribution in [0.5, 0.6) is 0 Å². The Morgan fingerprint density at radius 1 is 1.67 bits per heavy atom. The van der Waals surface area contributed by atoms with Crippen LogP contribution in [0.1, 0.15) is 26.2 Å². The minimum absolute atomic E-state index is 0.0833. The van der Waals surface area contributed by atoms with E-state index < -0.39 is 5.91 Å². The first-order valence-electron chi connectivity index (χ1n) is 4.24. The van der Waals surface area contributed by atoms with E-state index in [2.05, 4.69) is 18.0 Å². The molecule has 1 aliphatic rings. The Labute approximate surface area is 78.6 Å². The van der Waals surface area contributed by atoms with Crippen molar-refractivity contribution in [3.05, 3.63) is 0 Å². The molecule has 1 fully saturated rings. The van der Waals surface area contributed by atoms with Crippen LogP contribution in [0, 0.1) is 0 Å². The van der Waals surface area contributed by atoms with Gasteiger partial charge < -0.3 is 11.1 Å². The third kappa shape index (κ3) is 7.82. The Morgan fingerprint density at radius 3 is 2.42 bits per heavy atom. The Balaban J connectivity index is 0.000000217. The van der Waals surface area contributed by atoms with Crippen molar-refractivity contribution in [1.82, 2.24) is 5.32 Å². The van der Waals surface area contributed by atoms with Gasteiger partial charge in [-0.2, -0.15) is 0 Å². The molecule has 1 rings (SSSR count). The van der Waals surface area contributed by atoms with Gasteiger partial charge in [0, 0.05) is 6.04 Å². The summed E-state index contributed by atoms with van der Waals surface area (Å²) in [5.41, 5.74) is 4.52. The summed E-state index contributed by atoms with van der Waals surface area (Å²) in [5.74, 6) is -0.563. The number of nitrogens with one attached hydrogen (secondary N) is 1. The molecule has 1 unspecified atom stereocenters. The van der Waals surface area contributed by atoms with Crippen LogP contribution in [0.4, 0.5) is 0 Å². The van der Waals surface area contributed by atoms with Crippen molar-refractivity contribution in [3.63, 3.8) is 0 Å². The van der Waals surface area contributed by atoms with E-state index in [1.807, 2.05) is 0 Å². The van der Waals surface area contributed by atoms with Crippen molar-refractivity contribution < 1.29 is 4.79 Å². The van der Waals surface area contributed by atoms with Gasteiger partial charge in [0.15, 0.2) is 0 Å². The minimum Gasteiger partial charge on any atom is -0.369 e. The molecule has 0 aromatic heterocycles. The Kier molecular flexibility index (Phi) is 7.20. The Hall–Kier alpha value is -0.280. The highest BCUT2D eigenvalue weighted by atomic mass is 35.5. The number of hydrogen-bond donors (Lipinski definition) is 2. The maximum absolute atomic E-state index is 9.46. The van der Waals surface area contributed by atoms with Gasteiger partial charge in [-0.25, -0.2) is 0 Å². The van der Waals surface area contributed by atoms with Crippen LogP contribution in [0.2, 0.25) is 0 Å². The maximum atomic E-state index is 9.46. The summed E-state index contributed by atoms with van der Waals surface area (Å²) in [4.78, 5) is 9.46. The molecule has 0 aromatic carbocycles. The standard InChI is InChI=1S/C6H13N.C2H4ClNO/c1-6-4-2-3-5-7-6;3-1-2(4)5/h6-7H,2-5H2,1H3;1H2,(H2,4,5). The first-order chi connectivity index (χ1) is 5.66. The monoisotopic (exact) mass is 192 g/mol. The van der Waals surface area contributed by atoms with E-state index in [1.54, 1.807) is 0 Å². The summed E-state index contributed by atoms with van der Waals surface area (Å²) in [7, 11) is 0. The van der Waals surface area contributed by atoms with E-state index in [1.165, 1.54) is 25.8 Å². The lowest BCUT2D eigenvalue weighted by Gasteiger charge is -2.18. The average Bonchev–Trinajstić information content (AvgIpc) is 2.07. The second-order valence-electron chi connectivity index (χ2n) is 2.95. The van der Waals surface area contributed by atoms with Gasteiger partial charge in [-0.1, -0.05) is 6.42 Å². The lowest BCUT2D eigenvalue weighted by molar-refractivity contribution is -0.115. The molecule has 1 amide bonds. The molecule has 0 saturated carbocycles. The van der Waals surface area contributed by atoms with E-state index in [9.17, 15) is 4.79 Å². The molecule has 3 nitrogen and oxygen atoms in total. The molecular weight excluding hydrogens is 176 g/mol. The summed E-state index contributed by atoms with van der Waals surface area (Å²) in [6, 6.07) is 0.786. The number of piperidine rings is 1. The topological polar surface area (TPSA) is 55.1 Å². The van der Waals surface area contributed by atoms with Crippen LogP contribution < -0.4 is 11.1 Å². The predicted molar refractivity (Wildman–Crippen MR) is 51.2 cm³/mol. The fraction of sp³-hybridized carbons (Fsp3) is 0.875. The van der Waals surface area contributed by atoms with Crippen molar-refractivity contribution >= 4 is 17.5 Å². The van der Waals surface area contributed by atoms with E-state index in [-0.39, 0.29) is 5.88 Å². The van der Waals surface area contributed by atoms with Crippen LogP contribution in [0.25, 0.3) is 0 Å². The molecule has 1 saturated heterocycles. The predicted octanol–water partition coefficient (Wildman–Crippen LogP) is 0.859. The van der Waals surface area contributed by atoms with Gasteiger partial charge in [-0.3, -0.25) is 4.79 Å². The highest BCUT2D eigenvalue weighted by Gasteiger charge is 2.04. The largest absolute Gasteiger partial charge is 0.369 e. The number of hydrogen-bond acceptors (Lipinski definition) is 2. The molecule has 4 heteroatoms. The SMILES string of the molecule is CC1CCCCN1.NC(=O)CCl. The van der Waals surface area contributed by atoms with E-state index in [0.29, 0.717) is 0 Å². The van der Waals surface area contributed by atoms with Gasteiger partial charge in [0.05, 0.1) is 0 Å². The number of rotatable bonds is 1. The van der Waals surface area contributed by atoms with Crippen molar-refractivity contribution in [1.29, 1.82) is 0 Å². The fourth-order valence-electron chi connectivity index (χ4n) is 1.03. The summed E-state index contributed by atoms with van der Waals surface area (Å²) < 4.78 is 0. The number of primary amides is 1. The maximum Gasteiger partial charge on any atom is 0.232 e. The molecule has 0 aromatic rings. The molecule has 1 heterocycles. The molecular formula is C8H17ClN2O. The molecule has 72 valence electrons.